The van der Waals surface area contributed by atoms with E-state index in [1.165, 1.54) is 12.3 Å². The predicted octanol–water partition coefficient (Wildman–Crippen LogP) is 4.01. The molecule has 6 heteroatoms. The number of nitrogens with one attached hydrogen (secondary N) is 1. The summed E-state index contributed by atoms with van der Waals surface area (Å²) in [6.45, 7) is 0.381. The van der Waals surface area contributed by atoms with Gasteiger partial charge in [0, 0.05) is 9.50 Å². The van der Waals surface area contributed by atoms with Gasteiger partial charge in [-0.1, -0.05) is 11.6 Å². The molecule has 0 bridgehead atoms. The Morgan fingerprint density at radius 1 is 1.44 bits per heavy atom. The fraction of sp³-hybridized carbons (Fsp3) is 0.0833. The smallest absolute Gasteiger partial charge is 0.338 e. The highest BCUT2D eigenvalue weighted by atomic mass is 79.9. The molecule has 0 saturated carbocycles. The normalized spacial score (nSPS) is 10.3. The molecule has 0 atom stereocenters. The summed E-state index contributed by atoms with van der Waals surface area (Å²) in [5.41, 5.74) is 0.952. The Morgan fingerprint density at radius 3 is 2.89 bits per heavy atom. The van der Waals surface area contributed by atoms with Gasteiger partial charge in [-0.25, -0.2) is 4.79 Å². The van der Waals surface area contributed by atoms with Crippen LogP contribution in [-0.4, -0.2) is 11.1 Å². The van der Waals surface area contributed by atoms with Gasteiger partial charge in [0.15, 0.2) is 0 Å². The minimum absolute atomic E-state index is 0.136. The Bertz CT molecular complexity index is 582. The fourth-order valence-electron chi connectivity index (χ4n) is 1.40. The summed E-state index contributed by atoms with van der Waals surface area (Å²) in [6.07, 6.45) is 1.21. The zero-order valence-corrected chi connectivity index (χ0v) is 11.5. The molecule has 0 aliphatic rings. The third-order valence-electron chi connectivity index (χ3n) is 2.28. The van der Waals surface area contributed by atoms with Crippen LogP contribution in [0.1, 0.15) is 16.1 Å². The van der Waals surface area contributed by atoms with Gasteiger partial charge in [0.25, 0.3) is 0 Å². The Labute approximate surface area is 117 Å². The predicted molar refractivity (Wildman–Crippen MR) is 72.1 cm³/mol. The lowest BCUT2D eigenvalue weighted by molar-refractivity contribution is 0.0696. The van der Waals surface area contributed by atoms with Crippen LogP contribution >= 0.6 is 27.5 Å². The van der Waals surface area contributed by atoms with E-state index in [4.69, 9.17) is 21.1 Å². The Balaban J connectivity index is 2.06. The molecule has 1 heterocycles. The maximum Gasteiger partial charge on any atom is 0.338 e. The SMILES string of the molecule is O=C(O)c1coc(CNc2cc(Cl)ccc2Br)c1. The highest BCUT2D eigenvalue weighted by Gasteiger charge is 2.08. The molecule has 2 N–H and O–H groups in total. The second-order valence-electron chi connectivity index (χ2n) is 3.58. The van der Waals surface area contributed by atoms with E-state index in [0.29, 0.717) is 17.3 Å². The number of aromatic carboxylic acids is 1. The van der Waals surface area contributed by atoms with E-state index < -0.39 is 5.97 Å². The molecule has 0 aliphatic carbocycles. The van der Waals surface area contributed by atoms with Gasteiger partial charge >= 0.3 is 5.97 Å². The number of furan rings is 1. The first-order chi connectivity index (χ1) is 8.56. The first kappa shape index (κ1) is 13.0. The number of carboxylic acid groups (broad SMARTS) is 1. The van der Waals surface area contributed by atoms with Gasteiger partial charge in [0.05, 0.1) is 17.8 Å². The number of hydrogen-bond donors (Lipinski definition) is 2. The Kier molecular flexibility index (Phi) is 3.93. The topological polar surface area (TPSA) is 62.5 Å². The third kappa shape index (κ3) is 3.05. The van der Waals surface area contributed by atoms with Crippen molar-refractivity contribution in [1.29, 1.82) is 0 Å². The van der Waals surface area contributed by atoms with Crippen molar-refractivity contribution in [2.24, 2.45) is 0 Å². The van der Waals surface area contributed by atoms with Crippen LogP contribution in [0, 0.1) is 0 Å². The molecule has 0 amide bonds. The minimum atomic E-state index is -1.01. The molecule has 94 valence electrons. The molecule has 0 saturated heterocycles. The average molecular weight is 331 g/mol. The van der Waals surface area contributed by atoms with Gasteiger partial charge < -0.3 is 14.8 Å². The molecule has 4 nitrogen and oxygen atoms in total. The minimum Gasteiger partial charge on any atom is -0.478 e. The highest BCUT2D eigenvalue weighted by molar-refractivity contribution is 9.10. The molecular formula is C12H9BrClNO3. The van der Waals surface area contributed by atoms with Gasteiger partial charge in [-0.05, 0) is 40.2 Å². The second kappa shape index (κ2) is 5.46. The van der Waals surface area contributed by atoms with Crippen molar-refractivity contribution >= 4 is 39.2 Å². The second-order valence-corrected chi connectivity index (χ2v) is 4.88. The fourth-order valence-corrected chi connectivity index (χ4v) is 1.96. The van der Waals surface area contributed by atoms with Crippen molar-refractivity contribution in [2.75, 3.05) is 5.32 Å². The molecule has 1 aromatic heterocycles. The van der Waals surface area contributed by atoms with Crippen LogP contribution in [0.4, 0.5) is 5.69 Å². The summed E-state index contributed by atoms with van der Waals surface area (Å²) in [5.74, 6) is -0.465. The van der Waals surface area contributed by atoms with Crippen molar-refractivity contribution in [3.05, 3.63) is 51.3 Å². The molecule has 18 heavy (non-hydrogen) atoms. The molecule has 0 spiro atoms. The van der Waals surface area contributed by atoms with E-state index in [1.54, 1.807) is 12.1 Å². The molecule has 0 fully saturated rings. The number of benzene rings is 1. The van der Waals surface area contributed by atoms with Crippen LogP contribution in [0.3, 0.4) is 0 Å². The van der Waals surface area contributed by atoms with Crippen LogP contribution in [0.2, 0.25) is 5.02 Å². The quantitative estimate of drug-likeness (QED) is 0.889. The zero-order chi connectivity index (χ0) is 13.1. The van der Waals surface area contributed by atoms with Gasteiger partial charge in [-0.2, -0.15) is 0 Å². The molecule has 2 rings (SSSR count). The van der Waals surface area contributed by atoms with Crippen LogP contribution in [0.15, 0.2) is 39.4 Å². The summed E-state index contributed by atoms with van der Waals surface area (Å²) in [4.78, 5) is 10.7. The van der Waals surface area contributed by atoms with E-state index in [-0.39, 0.29) is 5.56 Å². The van der Waals surface area contributed by atoms with E-state index >= 15 is 0 Å². The summed E-state index contributed by atoms with van der Waals surface area (Å²) < 4.78 is 6.00. The largest absolute Gasteiger partial charge is 0.478 e. The number of halogens is 2. The average Bonchev–Trinajstić information content (AvgIpc) is 2.79. The van der Waals surface area contributed by atoms with E-state index in [9.17, 15) is 4.79 Å². The number of hydrogen-bond acceptors (Lipinski definition) is 3. The van der Waals surface area contributed by atoms with Crippen LogP contribution < -0.4 is 5.32 Å². The van der Waals surface area contributed by atoms with Crippen LogP contribution in [-0.2, 0) is 6.54 Å². The summed E-state index contributed by atoms with van der Waals surface area (Å²) >= 11 is 9.27. The number of anilines is 1. The van der Waals surface area contributed by atoms with E-state index in [0.717, 1.165) is 10.2 Å². The molecule has 0 aliphatic heterocycles. The molecular weight excluding hydrogens is 321 g/mol. The maximum absolute atomic E-state index is 10.7. The van der Waals surface area contributed by atoms with E-state index in [2.05, 4.69) is 21.2 Å². The van der Waals surface area contributed by atoms with E-state index in [1.807, 2.05) is 6.07 Å². The lowest BCUT2D eigenvalue weighted by Gasteiger charge is -2.07. The Hall–Kier alpha value is -1.46. The first-order valence-electron chi connectivity index (χ1n) is 5.06. The number of carbonyl (C=O) groups is 1. The van der Waals surface area contributed by atoms with Crippen molar-refractivity contribution in [3.8, 4) is 0 Å². The third-order valence-corrected chi connectivity index (χ3v) is 3.21. The van der Waals surface area contributed by atoms with Crippen molar-refractivity contribution < 1.29 is 14.3 Å². The molecule has 1 aromatic carbocycles. The van der Waals surface area contributed by atoms with Crippen LogP contribution in [0.5, 0.6) is 0 Å². The molecule has 2 aromatic rings. The standard InChI is InChI=1S/C12H9BrClNO3/c13-10-2-1-8(14)4-11(10)15-5-9-3-7(6-18-9)12(16)17/h1-4,6,15H,5H2,(H,16,17). The number of carboxylic acids is 1. The summed E-state index contributed by atoms with van der Waals surface area (Å²) in [5, 5.41) is 12.5. The molecule has 0 radical (unpaired) electrons. The van der Waals surface area contributed by atoms with Crippen molar-refractivity contribution in [1.82, 2.24) is 0 Å². The van der Waals surface area contributed by atoms with Gasteiger partial charge in [0.2, 0.25) is 0 Å². The van der Waals surface area contributed by atoms with Gasteiger partial charge in [0.1, 0.15) is 12.0 Å². The molecule has 0 unspecified atom stereocenters. The lowest BCUT2D eigenvalue weighted by atomic mass is 10.3. The monoisotopic (exact) mass is 329 g/mol. The van der Waals surface area contributed by atoms with Crippen molar-refractivity contribution in [3.63, 3.8) is 0 Å². The zero-order valence-electron chi connectivity index (χ0n) is 9.11. The highest BCUT2D eigenvalue weighted by Crippen LogP contribution is 2.26. The number of rotatable bonds is 4. The first-order valence-corrected chi connectivity index (χ1v) is 6.23. The maximum atomic E-state index is 10.7. The Morgan fingerprint density at radius 2 is 2.22 bits per heavy atom. The lowest BCUT2D eigenvalue weighted by Crippen LogP contribution is -1.99. The van der Waals surface area contributed by atoms with Crippen molar-refractivity contribution in [2.45, 2.75) is 6.54 Å². The van der Waals surface area contributed by atoms with Gasteiger partial charge in [-0.15, -0.1) is 0 Å². The van der Waals surface area contributed by atoms with Crippen LogP contribution in [0.25, 0.3) is 0 Å². The summed E-state index contributed by atoms with van der Waals surface area (Å²) in [6, 6.07) is 6.85. The van der Waals surface area contributed by atoms with Gasteiger partial charge in [-0.3, -0.25) is 0 Å². The summed E-state index contributed by atoms with van der Waals surface area (Å²) in [7, 11) is 0.